The van der Waals surface area contributed by atoms with Crippen molar-refractivity contribution in [2.45, 2.75) is 6.92 Å². The number of nitro groups is 1. The Morgan fingerprint density at radius 1 is 1.19 bits per heavy atom. The van der Waals surface area contributed by atoms with Crippen LogP contribution in [-0.2, 0) is 0 Å². The number of benzene rings is 2. The van der Waals surface area contributed by atoms with Gasteiger partial charge in [0.1, 0.15) is 0 Å². The number of hydrogen-bond donors (Lipinski definition) is 0. The van der Waals surface area contributed by atoms with Crippen LogP contribution in [-0.4, -0.2) is 19.5 Å². The van der Waals surface area contributed by atoms with Crippen LogP contribution in [0.1, 0.15) is 11.1 Å². The monoisotopic (exact) mass is 364 g/mol. The first-order valence-corrected chi connectivity index (χ1v) is 8.56. The number of nitro benzene ring substituents is 1. The Morgan fingerprint density at radius 2 is 2.00 bits per heavy atom. The van der Waals surface area contributed by atoms with Crippen molar-refractivity contribution in [1.29, 1.82) is 0 Å². The van der Waals surface area contributed by atoms with Crippen molar-refractivity contribution < 1.29 is 4.92 Å². The molecule has 0 aliphatic heterocycles. The van der Waals surface area contributed by atoms with Crippen LogP contribution in [0.2, 0.25) is 0 Å². The number of aromatic nitrogens is 3. The molecule has 0 saturated carbocycles. The Bertz CT molecular complexity index is 1260. The van der Waals surface area contributed by atoms with Crippen LogP contribution >= 0.6 is 11.3 Å². The highest BCUT2D eigenvalue weighted by Crippen LogP contribution is 2.20. The fourth-order valence-electron chi connectivity index (χ4n) is 2.65. The summed E-state index contributed by atoms with van der Waals surface area (Å²) in [7, 11) is 0. The van der Waals surface area contributed by atoms with Crippen molar-refractivity contribution >= 4 is 28.1 Å². The van der Waals surface area contributed by atoms with Gasteiger partial charge in [0, 0.05) is 17.7 Å². The van der Waals surface area contributed by atoms with E-state index in [-0.39, 0.29) is 11.2 Å². The molecule has 2 aromatic heterocycles. The largest absolute Gasteiger partial charge is 0.291 e. The van der Waals surface area contributed by atoms with E-state index in [0.29, 0.717) is 20.9 Å². The molecule has 128 valence electrons. The number of hydrogen-bond acceptors (Lipinski definition) is 6. The number of rotatable bonds is 3. The van der Waals surface area contributed by atoms with Crippen molar-refractivity contribution in [3.05, 3.63) is 84.7 Å². The molecule has 2 aromatic carbocycles. The number of aryl methyl sites for hydroxylation is 1. The van der Waals surface area contributed by atoms with Gasteiger partial charge in [0.15, 0.2) is 5.82 Å². The summed E-state index contributed by atoms with van der Waals surface area (Å²) in [4.78, 5) is 27.9. The highest BCUT2D eigenvalue weighted by Gasteiger charge is 2.13. The lowest BCUT2D eigenvalue weighted by atomic mass is 10.1. The molecule has 8 heteroatoms. The molecule has 4 aromatic rings. The fourth-order valence-corrected chi connectivity index (χ4v) is 3.56. The van der Waals surface area contributed by atoms with Crippen molar-refractivity contribution in [1.82, 2.24) is 14.6 Å². The molecule has 2 heterocycles. The first-order valence-electron chi connectivity index (χ1n) is 7.75. The summed E-state index contributed by atoms with van der Waals surface area (Å²) < 4.78 is 1.70. The molecule has 26 heavy (non-hydrogen) atoms. The lowest BCUT2D eigenvalue weighted by Gasteiger charge is -1.98. The van der Waals surface area contributed by atoms with Crippen molar-refractivity contribution in [2.75, 3.05) is 0 Å². The van der Waals surface area contributed by atoms with E-state index in [1.54, 1.807) is 18.2 Å². The molecule has 4 rings (SSSR count). The zero-order valence-corrected chi connectivity index (χ0v) is 14.4. The second kappa shape index (κ2) is 6.16. The van der Waals surface area contributed by atoms with E-state index in [4.69, 9.17) is 0 Å². The summed E-state index contributed by atoms with van der Waals surface area (Å²) in [6.45, 7) is 1.96. The van der Waals surface area contributed by atoms with Crippen LogP contribution in [0.3, 0.4) is 0 Å². The molecular formula is C18H12N4O3S. The topological polar surface area (TPSA) is 90.4 Å². The van der Waals surface area contributed by atoms with Gasteiger partial charge in [-0.25, -0.2) is 0 Å². The number of nitrogens with zero attached hydrogens (tertiary/aromatic N) is 4. The third-order valence-electron chi connectivity index (χ3n) is 3.95. The van der Waals surface area contributed by atoms with Gasteiger partial charge in [0.2, 0.25) is 4.96 Å². The normalized spacial score (nSPS) is 12.0. The zero-order chi connectivity index (χ0) is 18.3. The lowest BCUT2D eigenvalue weighted by Crippen LogP contribution is -2.23. The summed E-state index contributed by atoms with van der Waals surface area (Å²) in [6, 6.07) is 13.8. The lowest BCUT2D eigenvalue weighted by molar-refractivity contribution is -0.384. The second-order valence-electron chi connectivity index (χ2n) is 5.71. The Balaban J connectivity index is 1.82. The maximum atomic E-state index is 12.6. The molecular weight excluding hydrogens is 352 g/mol. The first kappa shape index (κ1) is 16.1. The molecule has 0 amide bonds. The van der Waals surface area contributed by atoms with Crippen molar-refractivity contribution in [3.63, 3.8) is 0 Å². The number of non-ortho nitro benzene ring substituents is 1. The molecule has 0 aliphatic carbocycles. The summed E-state index contributed by atoms with van der Waals surface area (Å²) in [6.07, 6.45) is 1.61. The highest BCUT2D eigenvalue weighted by atomic mass is 32.1. The molecule has 0 unspecified atom stereocenters. The van der Waals surface area contributed by atoms with E-state index < -0.39 is 4.92 Å². The van der Waals surface area contributed by atoms with Crippen molar-refractivity contribution in [3.8, 4) is 11.4 Å². The predicted molar refractivity (Wildman–Crippen MR) is 99.2 cm³/mol. The van der Waals surface area contributed by atoms with E-state index in [2.05, 4.69) is 10.1 Å². The van der Waals surface area contributed by atoms with Gasteiger partial charge in [0.05, 0.1) is 9.46 Å². The predicted octanol–water partition coefficient (Wildman–Crippen LogP) is 2.58. The highest BCUT2D eigenvalue weighted by molar-refractivity contribution is 7.15. The molecule has 0 N–H and O–H groups in total. The molecule has 0 bridgehead atoms. The minimum absolute atomic E-state index is 0.0208. The van der Waals surface area contributed by atoms with Gasteiger partial charge in [-0.3, -0.25) is 14.9 Å². The first-order chi connectivity index (χ1) is 12.5. The molecule has 0 spiro atoms. The average Bonchev–Trinajstić information content (AvgIpc) is 3.16. The zero-order valence-electron chi connectivity index (χ0n) is 13.6. The minimum atomic E-state index is -0.466. The number of thiazole rings is 1. The fraction of sp³-hybridized carbons (Fsp3) is 0.0556. The summed E-state index contributed by atoms with van der Waals surface area (Å²) in [5, 5.41) is 15.2. The van der Waals surface area contributed by atoms with E-state index in [0.717, 1.165) is 11.1 Å². The van der Waals surface area contributed by atoms with Crippen LogP contribution in [0.15, 0.2) is 53.3 Å². The maximum absolute atomic E-state index is 12.6. The summed E-state index contributed by atoms with van der Waals surface area (Å²) in [5.74, 6) is 0.508. The second-order valence-corrected chi connectivity index (χ2v) is 6.72. The van der Waals surface area contributed by atoms with Crippen LogP contribution in [0, 0.1) is 17.0 Å². The third-order valence-corrected chi connectivity index (χ3v) is 4.91. The van der Waals surface area contributed by atoms with E-state index in [1.165, 1.54) is 28.0 Å². The number of fused-ring (bicyclic) bond motifs is 1. The van der Waals surface area contributed by atoms with Gasteiger partial charge in [-0.2, -0.15) is 9.50 Å². The average molecular weight is 364 g/mol. The SMILES string of the molecule is Cc1ccccc1-c1nc2sc(=Cc3cccc([N+](=O)[O-])c3)c(=O)n2n1. The van der Waals surface area contributed by atoms with Crippen LogP contribution in [0.5, 0.6) is 0 Å². The standard InChI is InChI=1S/C18H12N4O3S/c1-11-5-2-3-8-14(11)16-19-18-21(20-16)17(23)15(26-18)10-12-6-4-7-13(9-12)22(24)25/h2-10H,1H3. The van der Waals surface area contributed by atoms with Gasteiger partial charge in [-0.05, 0) is 24.1 Å². The molecule has 0 fully saturated rings. The van der Waals surface area contributed by atoms with Crippen LogP contribution in [0.4, 0.5) is 5.69 Å². The molecule has 7 nitrogen and oxygen atoms in total. The Kier molecular flexibility index (Phi) is 3.81. The van der Waals surface area contributed by atoms with Crippen molar-refractivity contribution in [2.24, 2.45) is 0 Å². The molecule has 0 atom stereocenters. The molecule has 0 aliphatic rings. The Morgan fingerprint density at radius 3 is 2.73 bits per heavy atom. The van der Waals surface area contributed by atoms with Gasteiger partial charge in [-0.15, -0.1) is 5.10 Å². The minimum Gasteiger partial charge on any atom is -0.266 e. The van der Waals surface area contributed by atoms with Crippen LogP contribution < -0.4 is 10.1 Å². The van der Waals surface area contributed by atoms with E-state index in [9.17, 15) is 14.9 Å². The maximum Gasteiger partial charge on any atom is 0.291 e. The van der Waals surface area contributed by atoms with Gasteiger partial charge in [-0.1, -0.05) is 47.7 Å². The van der Waals surface area contributed by atoms with Gasteiger partial charge >= 0.3 is 0 Å². The Hall–Kier alpha value is -3.39. The van der Waals surface area contributed by atoms with Crippen LogP contribution in [0.25, 0.3) is 22.4 Å². The molecule has 0 saturated heterocycles. The quantitative estimate of drug-likeness (QED) is 0.412. The molecule has 0 radical (unpaired) electrons. The summed E-state index contributed by atoms with van der Waals surface area (Å²) >= 11 is 1.21. The van der Waals surface area contributed by atoms with Gasteiger partial charge < -0.3 is 0 Å². The third kappa shape index (κ3) is 2.76. The van der Waals surface area contributed by atoms with E-state index >= 15 is 0 Å². The smallest absolute Gasteiger partial charge is 0.266 e. The van der Waals surface area contributed by atoms with E-state index in [1.807, 2.05) is 31.2 Å². The Labute approximate surface area is 151 Å². The van der Waals surface area contributed by atoms with Gasteiger partial charge in [0.25, 0.3) is 11.2 Å². The summed E-state index contributed by atoms with van der Waals surface area (Å²) in [5.41, 5.74) is 2.19.